The van der Waals surface area contributed by atoms with Crippen LogP contribution < -0.4 is 4.90 Å². The van der Waals surface area contributed by atoms with E-state index in [0.717, 1.165) is 5.69 Å². The van der Waals surface area contributed by atoms with Gasteiger partial charge < -0.3 is 4.90 Å². The van der Waals surface area contributed by atoms with Crippen molar-refractivity contribution in [2.24, 2.45) is 0 Å². The van der Waals surface area contributed by atoms with Crippen LogP contribution in [-0.4, -0.2) is 13.0 Å². The van der Waals surface area contributed by atoms with E-state index in [1.165, 1.54) is 0 Å². The molecule has 0 fully saturated rings. The molecule has 0 unspecified atom stereocenters. The molecule has 0 aliphatic heterocycles. The van der Waals surface area contributed by atoms with Gasteiger partial charge in [-0.05, 0) is 36.4 Å². The Bertz CT molecular complexity index is 508. The van der Waals surface area contributed by atoms with Gasteiger partial charge in [-0.25, -0.2) is 0 Å². The largest absolute Gasteiger partial charge is 0.311 e. The maximum absolute atomic E-state index is 12.1. The van der Waals surface area contributed by atoms with Crippen LogP contribution in [0, 0.1) is 0 Å². The van der Waals surface area contributed by atoms with Crippen molar-refractivity contribution >= 4 is 23.2 Å². The van der Waals surface area contributed by atoms with Crippen molar-refractivity contribution < 1.29 is 4.79 Å². The molecule has 86 valence electrons. The lowest BCUT2D eigenvalue weighted by Crippen LogP contribution is -2.25. The summed E-state index contributed by atoms with van der Waals surface area (Å²) in [6, 6.07) is 16.4. The van der Waals surface area contributed by atoms with Gasteiger partial charge in [0.05, 0.1) is 0 Å². The summed E-state index contributed by atoms with van der Waals surface area (Å²) in [5.74, 6) is -0.0483. The maximum Gasteiger partial charge on any atom is 0.258 e. The van der Waals surface area contributed by atoms with Crippen LogP contribution in [0.1, 0.15) is 10.4 Å². The average molecular weight is 246 g/mol. The van der Waals surface area contributed by atoms with E-state index in [1.54, 1.807) is 36.2 Å². The predicted octanol–water partition coefficient (Wildman–Crippen LogP) is 3.62. The first kappa shape index (κ1) is 11.7. The van der Waals surface area contributed by atoms with Gasteiger partial charge in [-0.1, -0.05) is 29.8 Å². The first-order chi connectivity index (χ1) is 8.18. The second-order valence-corrected chi connectivity index (χ2v) is 4.14. The van der Waals surface area contributed by atoms with Crippen LogP contribution in [0.4, 0.5) is 5.69 Å². The molecule has 3 heteroatoms. The van der Waals surface area contributed by atoms with Gasteiger partial charge in [0.1, 0.15) is 0 Å². The van der Waals surface area contributed by atoms with Crippen LogP contribution in [0.3, 0.4) is 0 Å². The van der Waals surface area contributed by atoms with Crippen LogP contribution >= 0.6 is 11.6 Å². The van der Waals surface area contributed by atoms with Crippen LogP contribution in [0.2, 0.25) is 5.02 Å². The minimum Gasteiger partial charge on any atom is -0.311 e. The molecule has 0 N–H and O–H groups in total. The van der Waals surface area contributed by atoms with Gasteiger partial charge in [0.2, 0.25) is 0 Å². The lowest BCUT2D eigenvalue weighted by Gasteiger charge is -2.17. The number of nitrogens with zero attached hydrogens (tertiary/aromatic N) is 1. The molecule has 0 atom stereocenters. The van der Waals surface area contributed by atoms with Crippen LogP contribution in [0.5, 0.6) is 0 Å². The van der Waals surface area contributed by atoms with Crippen molar-refractivity contribution in [3.63, 3.8) is 0 Å². The Morgan fingerprint density at radius 2 is 1.59 bits per heavy atom. The molecule has 0 spiro atoms. The van der Waals surface area contributed by atoms with Gasteiger partial charge in [-0.2, -0.15) is 0 Å². The number of carbonyl (C=O) groups excluding carboxylic acids is 1. The molecular weight excluding hydrogens is 234 g/mol. The minimum atomic E-state index is -0.0483. The number of hydrogen-bond acceptors (Lipinski definition) is 1. The van der Waals surface area contributed by atoms with E-state index in [1.807, 2.05) is 30.3 Å². The van der Waals surface area contributed by atoms with Crippen LogP contribution in [0.15, 0.2) is 54.6 Å². The highest BCUT2D eigenvalue weighted by atomic mass is 35.5. The number of para-hydroxylation sites is 1. The highest BCUT2D eigenvalue weighted by Gasteiger charge is 2.12. The highest BCUT2D eigenvalue weighted by Crippen LogP contribution is 2.16. The molecule has 0 aliphatic rings. The van der Waals surface area contributed by atoms with Gasteiger partial charge in [-0.3, -0.25) is 4.79 Å². The molecule has 0 bridgehead atoms. The highest BCUT2D eigenvalue weighted by molar-refractivity contribution is 6.30. The van der Waals surface area contributed by atoms with E-state index in [9.17, 15) is 4.79 Å². The number of halogens is 1. The van der Waals surface area contributed by atoms with E-state index in [4.69, 9.17) is 11.6 Å². The van der Waals surface area contributed by atoms with E-state index in [2.05, 4.69) is 0 Å². The van der Waals surface area contributed by atoms with Gasteiger partial charge in [0.25, 0.3) is 5.91 Å². The number of amides is 1. The molecule has 0 aliphatic carbocycles. The number of rotatable bonds is 2. The summed E-state index contributed by atoms with van der Waals surface area (Å²) >= 11 is 5.79. The minimum absolute atomic E-state index is 0.0483. The van der Waals surface area contributed by atoms with Gasteiger partial charge in [0, 0.05) is 23.3 Å². The summed E-state index contributed by atoms with van der Waals surface area (Å²) < 4.78 is 0. The number of anilines is 1. The molecule has 17 heavy (non-hydrogen) atoms. The average Bonchev–Trinajstić information content (AvgIpc) is 2.39. The molecule has 2 aromatic rings. The van der Waals surface area contributed by atoms with Crippen molar-refractivity contribution in [1.29, 1.82) is 0 Å². The summed E-state index contributed by atoms with van der Waals surface area (Å²) in [4.78, 5) is 13.8. The Labute approximate surface area is 105 Å². The number of benzene rings is 2. The summed E-state index contributed by atoms with van der Waals surface area (Å²) in [6.45, 7) is 0. The number of carbonyl (C=O) groups is 1. The molecule has 2 nitrogen and oxygen atoms in total. The standard InChI is InChI=1S/C14H12ClNO/c1-16(13-5-3-2-4-6-13)14(17)11-7-9-12(15)10-8-11/h2-10H,1H3. The van der Waals surface area contributed by atoms with E-state index < -0.39 is 0 Å². The molecule has 0 radical (unpaired) electrons. The zero-order chi connectivity index (χ0) is 12.3. The normalized spacial score (nSPS) is 10.0. The topological polar surface area (TPSA) is 20.3 Å². The first-order valence-corrected chi connectivity index (χ1v) is 5.65. The summed E-state index contributed by atoms with van der Waals surface area (Å²) in [5.41, 5.74) is 1.49. The van der Waals surface area contributed by atoms with Crippen LogP contribution in [-0.2, 0) is 0 Å². The van der Waals surface area contributed by atoms with Crippen molar-refractivity contribution in [3.8, 4) is 0 Å². The second-order valence-electron chi connectivity index (χ2n) is 3.71. The lowest BCUT2D eigenvalue weighted by molar-refractivity contribution is 0.0993. The molecule has 2 rings (SSSR count). The molecule has 0 aromatic heterocycles. The maximum atomic E-state index is 12.1. The van der Waals surface area contributed by atoms with Crippen molar-refractivity contribution in [2.75, 3.05) is 11.9 Å². The molecule has 2 aromatic carbocycles. The van der Waals surface area contributed by atoms with Gasteiger partial charge >= 0.3 is 0 Å². The smallest absolute Gasteiger partial charge is 0.258 e. The van der Waals surface area contributed by atoms with Crippen molar-refractivity contribution in [3.05, 3.63) is 65.2 Å². The monoisotopic (exact) mass is 245 g/mol. The Morgan fingerprint density at radius 3 is 2.18 bits per heavy atom. The van der Waals surface area contributed by atoms with E-state index in [-0.39, 0.29) is 5.91 Å². The quantitative estimate of drug-likeness (QED) is 0.791. The zero-order valence-corrected chi connectivity index (χ0v) is 10.2. The second kappa shape index (κ2) is 5.02. The Hall–Kier alpha value is -1.80. The summed E-state index contributed by atoms with van der Waals surface area (Å²) in [5, 5.41) is 0.629. The fraction of sp³-hybridized carbons (Fsp3) is 0.0714. The SMILES string of the molecule is CN(C(=O)c1ccc(Cl)cc1)c1ccccc1. The van der Waals surface area contributed by atoms with Gasteiger partial charge in [-0.15, -0.1) is 0 Å². The third-order valence-electron chi connectivity index (χ3n) is 2.54. The molecule has 0 heterocycles. The zero-order valence-electron chi connectivity index (χ0n) is 9.43. The molecule has 1 amide bonds. The fourth-order valence-electron chi connectivity index (χ4n) is 1.55. The van der Waals surface area contributed by atoms with Crippen molar-refractivity contribution in [2.45, 2.75) is 0 Å². The third kappa shape index (κ3) is 2.66. The number of hydrogen-bond donors (Lipinski definition) is 0. The summed E-state index contributed by atoms with van der Waals surface area (Å²) in [6.07, 6.45) is 0. The molecule has 0 saturated heterocycles. The molecular formula is C14H12ClNO. The van der Waals surface area contributed by atoms with Crippen molar-refractivity contribution in [1.82, 2.24) is 0 Å². The van der Waals surface area contributed by atoms with Crippen LogP contribution in [0.25, 0.3) is 0 Å². The Balaban J connectivity index is 2.23. The predicted molar refractivity (Wildman–Crippen MR) is 70.6 cm³/mol. The van der Waals surface area contributed by atoms with E-state index in [0.29, 0.717) is 10.6 Å². The molecule has 0 saturated carbocycles. The first-order valence-electron chi connectivity index (χ1n) is 5.27. The third-order valence-corrected chi connectivity index (χ3v) is 2.79. The fourth-order valence-corrected chi connectivity index (χ4v) is 1.68. The van der Waals surface area contributed by atoms with E-state index >= 15 is 0 Å². The Kier molecular flexibility index (Phi) is 3.45. The van der Waals surface area contributed by atoms with Gasteiger partial charge in [0.15, 0.2) is 0 Å². The lowest BCUT2D eigenvalue weighted by atomic mass is 10.2. The Morgan fingerprint density at radius 1 is 1.00 bits per heavy atom. The summed E-state index contributed by atoms with van der Waals surface area (Å²) in [7, 11) is 1.76.